The van der Waals surface area contributed by atoms with Crippen molar-refractivity contribution in [1.29, 1.82) is 0 Å². The van der Waals surface area contributed by atoms with Gasteiger partial charge in [0.2, 0.25) is 5.91 Å². The van der Waals surface area contributed by atoms with Crippen LogP contribution in [0.2, 0.25) is 0 Å². The molecule has 0 fully saturated rings. The smallest absolute Gasteiger partial charge is 0.223 e. The average Bonchev–Trinajstić information content (AvgIpc) is 2.17. The first-order chi connectivity index (χ1) is 6.63. The van der Waals surface area contributed by atoms with Gasteiger partial charge in [0.1, 0.15) is 0 Å². The first-order valence-electron chi connectivity index (χ1n) is 5.08. The highest BCUT2D eigenvalue weighted by atomic mass is 16.5. The summed E-state index contributed by atoms with van der Waals surface area (Å²) in [6, 6.07) is 0.147. The number of amides is 1. The lowest BCUT2D eigenvalue weighted by Crippen LogP contribution is -2.39. The number of rotatable bonds is 7. The highest BCUT2D eigenvalue weighted by Crippen LogP contribution is 1.98. The Kier molecular flexibility index (Phi) is 7.42. The molecule has 1 amide bonds. The van der Waals surface area contributed by atoms with Crippen LogP contribution in [0.4, 0.5) is 0 Å². The van der Waals surface area contributed by atoms with Crippen molar-refractivity contribution in [2.75, 3.05) is 33.9 Å². The zero-order chi connectivity index (χ0) is 11.0. The summed E-state index contributed by atoms with van der Waals surface area (Å²) >= 11 is 0. The summed E-state index contributed by atoms with van der Waals surface area (Å²) in [4.78, 5) is 13.3. The molecule has 0 aromatic rings. The first kappa shape index (κ1) is 13.4. The molecule has 0 aromatic heterocycles. The van der Waals surface area contributed by atoms with Crippen molar-refractivity contribution < 1.29 is 9.53 Å². The highest BCUT2D eigenvalue weighted by Gasteiger charge is 2.14. The second kappa shape index (κ2) is 7.76. The molecule has 1 atom stereocenters. The van der Waals surface area contributed by atoms with Gasteiger partial charge in [0.15, 0.2) is 0 Å². The number of ether oxygens (including phenoxy) is 1. The Morgan fingerprint density at radius 3 is 2.71 bits per heavy atom. The molecule has 0 heterocycles. The number of hydrogen-bond donors (Lipinski definition) is 1. The van der Waals surface area contributed by atoms with Crippen LogP contribution in [-0.2, 0) is 9.53 Å². The fourth-order valence-corrected chi connectivity index (χ4v) is 1.15. The van der Waals surface area contributed by atoms with E-state index < -0.39 is 0 Å². The number of nitrogens with one attached hydrogen (secondary N) is 1. The lowest BCUT2D eigenvalue weighted by atomic mass is 10.3. The van der Waals surface area contributed by atoms with Crippen molar-refractivity contribution in [1.82, 2.24) is 10.2 Å². The van der Waals surface area contributed by atoms with Crippen LogP contribution in [0, 0.1) is 0 Å². The minimum atomic E-state index is 0.147. The zero-order valence-electron chi connectivity index (χ0n) is 9.67. The molecule has 1 unspecified atom stereocenters. The first-order valence-corrected chi connectivity index (χ1v) is 5.08. The molecule has 84 valence electrons. The fourth-order valence-electron chi connectivity index (χ4n) is 1.15. The molecule has 0 aliphatic carbocycles. The Hall–Kier alpha value is -0.610. The van der Waals surface area contributed by atoms with Crippen LogP contribution in [0.25, 0.3) is 0 Å². The molecule has 0 rings (SSSR count). The van der Waals surface area contributed by atoms with E-state index in [9.17, 15) is 4.79 Å². The molecule has 0 saturated heterocycles. The Labute approximate surface area is 86.6 Å². The van der Waals surface area contributed by atoms with Gasteiger partial charge >= 0.3 is 0 Å². The number of nitrogens with zero attached hydrogens (tertiary/aromatic N) is 1. The lowest BCUT2D eigenvalue weighted by molar-refractivity contribution is -0.132. The van der Waals surface area contributed by atoms with Crippen LogP contribution in [0.3, 0.4) is 0 Å². The topological polar surface area (TPSA) is 41.6 Å². The molecule has 0 bridgehead atoms. The monoisotopic (exact) mass is 202 g/mol. The second-order valence-corrected chi connectivity index (χ2v) is 3.41. The number of hydrogen-bond acceptors (Lipinski definition) is 3. The van der Waals surface area contributed by atoms with Gasteiger partial charge in [0, 0.05) is 27.1 Å². The van der Waals surface area contributed by atoms with Crippen LogP contribution < -0.4 is 5.32 Å². The maximum absolute atomic E-state index is 11.6. The van der Waals surface area contributed by atoms with Crippen LogP contribution in [0.5, 0.6) is 0 Å². The van der Waals surface area contributed by atoms with Crippen molar-refractivity contribution in [3.05, 3.63) is 0 Å². The van der Waals surface area contributed by atoms with E-state index in [-0.39, 0.29) is 11.9 Å². The Morgan fingerprint density at radius 1 is 1.57 bits per heavy atom. The maximum atomic E-state index is 11.6. The largest absolute Gasteiger partial charge is 0.383 e. The van der Waals surface area contributed by atoms with Gasteiger partial charge in [-0.25, -0.2) is 0 Å². The third kappa shape index (κ3) is 5.19. The predicted octanol–water partition coefficient (Wildman–Crippen LogP) is 0.479. The van der Waals surface area contributed by atoms with Gasteiger partial charge in [0.05, 0.1) is 12.6 Å². The molecular formula is C10H22N2O2. The van der Waals surface area contributed by atoms with E-state index in [0.29, 0.717) is 13.0 Å². The third-order valence-electron chi connectivity index (χ3n) is 2.23. The summed E-state index contributed by atoms with van der Waals surface area (Å²) in [5.41, 5.74) is 0. The van der Waals surface area contributed by atoms with Crippen molar-refractivity contribution in [2.24, 2.45) is 0 Å². The molecule has 0 spiro atoms. The number of carbonyl (C=O) groups excluding carboxylic acids is 1. The maximum Gasteiger partial charge on any atom is 0.223 e. The van der Waals surface area contributed by atoms with E-state index >= 15 is 0 Å². The molecular weight excluding hydrogens is 180 g/mol. The van der Waals surface area contributed by atoms with E-state index in [1.165, 1.54) is 0 Å². The van der Waals surface area contributed by atoms with Crippen molar-refractivity contribution in [3.63, 3.8) is 0 Å². The second-order valence-electron chi connectivity index (χ2n) is 3.41. The van der Waals surface area contributed by atoms with Crippen LogP contribution in [0.15, 0.2) is 0 Å². The molecule has 1 N–H and O–H groups in total. The van der Waals surface area contributed by atoms with Crippen molar-refractivity contribution >= 4 is 5.91 Å². The summed E-state index contributed by atoms with van der Waals surface area (Å²) in [6.45, 7) is 6.25. The quantitative estimate of drug-likeness (QED) is 0.611. The van der Waals surface area contributed by atoms with E-state index in [0.717, 1.165) is 13.1 Å². The van der Waals surface area contributed by atoms with E-state index in [1.54, 1.807) is 12.0 Å². The summed E-state index contributed by atoms with van der Waals surface area (Å²) < 4.78 is 4.99. The zero-order valence-corrected chi connectivity index (χ0v) is 9.67. The van der Waals surface area contributed by atoms with Crippen molar-refractivity contribution in [3.8, 4) is 0 Å². The normalized spacial score (nSPS) is 12.6. The molecule has 14 heavy (non-hydrogen) atoms. The Balaban J connectivity index is 3.74. The summed E-state index contributed by atoms with van der Waals surface area (Å²) in [5.74, 6) is 0.163. The summed E-state index contributed by atoms with van der Waals surface area (Å²) in [7, 11) is 3.46. The molecule has 0 aliphatic rings. The van der Waals surface area contributed by atoms with Gasteiger partial charge < -0.3 is 15.0 Å². The molecule has 0 radical (unpaired) electrons. The van der Waals surface area contributed by atoms with E-state index in [2.05, 4.69) is 5.32 Å². The molecule has 0 aromatic carbocycles. The molecule has 0 aliphatic heterocycles. The number of methoxy groups -OCH3 is 1. The molecule has 4 heteroatoms. The molecule has 4 nitrogen and oxygen atoms in total. The van der Waals surface area contributed by atoms with Crippen LogP contribution in [0.1, 0.15) is 20.3 Å². The van der Waals surface area contributed by atoms with E-state index in [4.69, 9.17) is 4.74 Å². The number of carbonyl (C=O) groups is 1. The van der Waals surface area contributed by atoms with Gasteiger partial charge in [-0.1, -0.05) is 6.92 Å². The highest BCUT2D eigenvalue weighted by molar-refractivity contribution is 5.76. The fraction of sp³-hybridized carbons (Fsp3) is 0.900. The molecule has 0 saturated carbocycles. The third-order valence-corrected chi connectivity index (χ3v) is 2.23. The minimum absolute atomic E-state index is 0.147. The van der Waals surface area contributed by atoms with Gasteiger partial charge in [-0.15, -0.1) is 0 Å². The van der Waals surface area contributed by atoms with Gasteiger partial charge in [-0.3, -0.25) is 4.79 Å². The SMILES string of the molecule is CCNCCC(=O)N(C)C(C)COC. The number of likely N-dealkylation sites (N-methyl/N-ethyl adjacent to an activating group) is 1. The van der Waals surface area contributed by atoms with Crippen molar-refractivity contribution in [2.45, 2.75) is 26.3 Å². The van der Waals surface area contributed by atoms with Crippen LogP contribution >= 0.6 is 0 Å². The minimum Gasteiger partial charge on any atom is -0.383 e. The van der Waals surface area contributed by atoms with E-state index in [1.807, 2.05) is 20.9 Å². The Bertz CT molecular complexity index is 162. The average molecular weight is 202 g/mol. The van der Waals surface area contributed by atoms with Crippen LogP contribution in [-0.4, -0.2) is 50.7 Å². The summed E-state index contributed by atoms with van der Waals surface area (Å²) in [5, 5.41) is 3.13. The van der Waals surface area contributed by atoms with Gasteiger partial charge in [-0.2, -0.15) is 0 Å². The Morgan fingerprint density at radius 2 is 2.21 bits per heavy atom. The lowest BCUT2D eigenvalue weighted by Gasteiger charge is -2.24. The van der Waals surface area contributed by atoms with Gasteiger partial charge in [-0.05, 0) is 13.5 Å². The predicted molar refractivity (Wildman–Crippen MR) is 57.3 cm³/mol. The van der Waals surface area contributed by atoms with Gasteiger partial charge in [0.25, 0.3) is 0 Å². The standard InChI is InChI=1S/C10H22N2O2/c1-5-11-7-6-10(13)12(3)9(2)8-14-4/h9,11H,5-8H2,1-4H3. The summed E-state index contributed by atoms with van der Waals surface area (Å²) in [6.07, 6.45) is 0.554.